The van der Waals surface area contributed by atoms with Gasteiger partial charge in [-0.05, 0) is 39.2 Å². The number of nitrogens with zero attached hydrogens (tertiary/aromatic N) is 1. The van der Waals surface area contributed by atoms with Gasteiger partial charge in [-0.1, -0.05) is 6.92 Å². The lowest BCUT2D eigenvalue weighted by Gasteiger charge is -2.16. The van der Waals surface area contributed by atoms with Gasteiger partial charge < -0.3 is 15.7 Å². The lowest BCUT2D eigenvalue weighted by Crippen LogP contribution is -2.41. The molecule has 21 heavy (non-hydrogen) atoms. The average molecular weight is 299 g/mol. The maximum absolute atomic E-state index is 11.9. The summed E-state index contributed by atoms with van der Waals surface area (Å²) in [6, 6.07) is -0.346. The van der Waals surface area contributed by atoms with E-state index in [9.17, 15) is 14.4 Å². The molecule has 7 heteroatoms. The van der Waals surface area contributed by atoms with Crippen molar-refractivity contribution in [1.29, 1.82) is 0 Å². The van der Waals surface area contributed by atoms with E-state index in [-0.39, 0.29) is 18.4 Å². The van der Waals surface area contributed by atoms with E-state index in [1.807, 2.05) is 6.92 Å². The number of imide groups is 1. The van der Waals surface area contributed by atoms with Crippen molar-refractivity contribution in [3.8, 4) is 0 Å². The van der Waals surface area contributed by atoms with Gasteiger partial charge in [-0.3, -0.25) is 14.5 Å². The number of amides is 3. The molecule has 1 fully saturated rings. The number of carbonyl (C=O) groups excluding carboxylic acids is 2. The Labute approximate surface area is 125 Å². The SMILES string of the molecule is CC(CCNCCN1C(=O)NC(C)(C)C1=O)CCC(=O)O. The molecule has 7 nitrogen and oxygen atoms in total. The van der Waals surface area contributed by atoms with E-state index < -0.39 is 11.5 Å². The third-order valence-corrected chi connectivity index (χ3v) is 3.62. The van der Waals surface area contributed by atoms with E-state index in [0.717, 1.165) is 13.0 Å². The fraction of sp³-hybridized carbons (Fsp3) is 0.786. The predicted octanol–water partition coefficient (Wildman–Crippen LogP) is 0.797. The number of carbonyl (C=O) groups is 3. The second-order valence-corrected chi connectivity index (χ2v) is 6.09. The highest BCUT2D eigenvalue weighted by atomic mass is 16.4. The monoisotopic (exact) mass is 299 g/mol. The van der Waals surface area contributed by atoms with Crippen molar-refractivity contribution >= 4 is 17.9 Å². The van der Waals surface area contributed by atoms with E-state index >= 15 is 0 Å². The highest BCUT2D eigenvalue weighted by Crippen LogP contribution is 2.15. The first-order chi connectivity index (χ1) is 9.74. The van der Waals surface area contributed by atoms with Crippen LogP contribution in [0.3, 0.4) is 0 Å². The number of rotatable bonds is 9. The maximum Gasteiger partial charge on any atom is 0.325 e. The minimum absolute atomic E-state index is 0.193. The molecular weight excluding hydrogens is 274 g/mol. The van der Waals surface area contributed by atoms with Crippen LogP contribution >= 0.6 is 0 Å². The molecule has 1 saturated heterocycles. The van der Waals surface area contributed by atoms with Crippen molar-refractivity contribution in [3.63, 3.8) is 0 Å². The molecule has 1 atom stereocenters. The lowest BCUT2D eigenvalue weighted by atomic mass is 10.0. The molecule has 1 aliphatic rings. The Morgan fingerprint density at radius 1 is 1.33 bits per heavy atom. The van der Waals surface area contributed by atoms with Gasteiger partial charge in [0, 0.05) is 19.5 Å². The van der Waals surface area contributed by atoms with Crippen LogP contribution in [-0.2, 0) is 9.59 Å². The zero-order valence-electron chi connectivity index (χ0n) is 12.9. The lowest BCUT2D eigenvalue weighted by molar-refractivity contribution is -0.137. The molecule has 0 aromatic rings. The molecule has 3 amide bonds. The van der Waals surface area contributed by atoms with Gasteiger partial charge >= 0.3 is 12.0 Å². The number of aliphatic carboxylic acids is 1. The van der Waals surface area contributed by atoms with Crippen LogP contribution in [0.5, 0.6) is 0 Å². The first-order valence-electron chi connectivity index (χ1n) is 7.30. The van der Waals surface area contributed by atoms with Crippen LogP contribution in [0.15, 0.2) is 0 Å². The van der Waals surface area contributed by atoms with Gasteiger partial charge in [0.15, 0.2) is 0 Å². The van der Waals surface area contributed by atoms with Crippen LogP contribution in [0.2, 0.25) is 0 Å². The normalized spacial score (nSPS) is 18.7. The number of hydrogen-bond donors (Lipinski definition) is 3. The summed E-state index contributed by atoms with van der Waals surface area (Å²) in [5, 5.41) is 14.4. The van der Waals surface area contributed by atoms with E-state index in [0.29, 0.717) is 25.4 Å². The average Bonchev–Trinajstić information content (AvgIpc) is 2.57. The molecule has 0 saturated carbocycles. The standard InChI is InChI=1S/C14H25N3O4/c1-10(4-5-11(18)19)6-7-15-8-9-17-12(20)14(2,3)16-13(17)21/h10,15H,4-9H2,1-3H3,(H,16,21)(H,18,19). The largest absolute Gasteiger partial charge is 0.481 e. The summed E-state index contributed by atoms with van der Waals surface area (Å²) in [5.74, 6) is -0.635. The second-order valence-electron chi connectivity index (χ2n) is 6.09. The molecule has 0 aliphatic carbocycles. The Balaban J connectivity index is 2.16. The topological polar surface area (TPSA) is 98.7 Å². The number of hydrogen-bond acceptors (Lipinski definition) is 4. The van der Waals surface area contributed by atoms with Gasteiger partial charge in [0.25, 0.3) is 5.91 Å². The third-order valence-electron chi connectivity index (χ3n) is 3.62. The van der Waals surface area contributed by atoms with Crippen molar-refractivity contribution < 1.29 is 19.5 Å². The minimum Gasteiger partial charge on any atom is -0.481 e. The number of carboxylic acid groups (broad SMARTS) is 1. The summed E-state index contributed by atoms with van der Waals surface area (Å²) in [6.45, 7) is 7.02. The zero-order valence-corrected chi connectivity index (χ0v) is 12.9. The Morgan fingerprint density at radius 2 is 2.00 bits per heavy atom. The minimum atomic E-state index is -0.817. The molecule has 3 N–H and O–H groups in total. The Hall–Kier alpha value is -1.63. The predicted molar refractivity (Wildman–Crippen MR) is 77.8 cm³/mol. The van der Waals surface area contributed by atoms with Crippen molar-refractivity contribution in [2.45, 2.75) is 45.6 Å². The smallest absolute Gasteiger partial charge is 0.325 e. The molecule has 1 heterocycles. The van der Waals surface area contributed by atoms with Gasteiger partial charge in [-0.15, -0.1) is 0 Å². The molecule has 1 unspecified atom stereocenters. The van der Waals surface area contributed by atoms with Crippen LogP contribution in [0, 0.1) is 5.92 Å². The van der Waals surface area contributed by atoms with E-state index in [1.54, 1.807) is 13.8 Å². The summed E-state index contributed by atoms with van der Waals surface area (Å²) >= 11 is 0. The van der Waals surface area contributed by atoms with Crippen LogP contribution < -0.4 is 10.6 Å². The summed E-state index contributed by atoms with van der Waals surface area (Å²) in [7, 11) is 0. The van der Waals surface area contributed by atoms with Crippen LogP contribution in [-0.4, -0.2) is 53.1 Å². The summed E-state index contributed by atoms with van der Waals surface area (Å²) < 4.78 is 0. The van der Waals surface area contributed by atoms with Gasteiger partial charge in [-0.25, -0.2) is 4.79 Å². The molecule has 1 aliphatic heterocycles. The maximum atomic E-state index is 11.9. The third kappa shape index (κ3) is 5.34. The molecule has 120 valence electrons. The van der Waals surface area contributed by atoms with Crippen LogP contribution in [0.25, 0.3) is 0 Å². The number of urea groups is 1. The quantitative estimate of drug-likeness (QED) is 0.432. The summed E-state index contributed by atoms with van der Waals surface area (Å²) in [6.07, 6.45) is 1.73. The van der Waals surface area contributed by atoms with Gasteiger partial charge in [-0.2, -0.15) is 0 Å². The fourth-order valence-corrected chi connectivity index (χ4v) is 2.20. The van der Waals surface area contributed by atoms with Gasteiger partial charge in [0.05, 0.1) is 0 Å². The van der Waals surface area contributed by atoms with E-state index in [4.69, 9.17) is 5.11 Å². The first kappa shape index (κ1) is 17.4. The number of nitrogens with one attached hydrogen (secondary N) is 2. The van der Waals surface area contributed by atoms with Crippen LogP contribution in [0.1, 0.15) is 40.0 Å². The molecule has 0 spiro atoms. The Kier molecular flexibility index (Phi) is 6.14. The highest BCUT2D eigenvalue weighted by molar-refractivity contribution is 6.06. The molecule has 0 radical (unpaired) electrons. The van der Waals surface area contributed by atoms with Gasteiger partial charge in [0.2, 0.25) is 0 Å². The fourth-order valence-electron chi connectivity index (χ4n) is 2.20. The summed E-state index contributed by atoms with van der Waals surface area (Å²) in [4.78, 5) is 35.2. The molecule has 0 aromatic heterocycles. The number of carboxylic acids is 1. The van der Waals surface area contributed by atoms with Crippen LogP contribution in [0.4, 0.5) is 4.79 Å². The van der Waals surface area contributed by atoms with Crippen molar-refractivity contribution in [2.24, 2.45) is 5.92 Å². The first-order valence-corrected chi connectivity index (χ1v) is 7.30. The Bertz CT molecular complexity index is 409. The molecule has 0 bridgehead atoms. The highest BCUT2D eigenvalue weighted by Gasteiger charge is 2.43. The van der Waals surface area contributed by atoms with Crippen molar-refractivity contribution in [2.75, 3.05) is 19.6 Å². The summed E-state index contributed by atoms with van der Waals surface area (Å²) in [5.41, 5.74) is -0.817. The van der Waals surface area contributed by atoms with Gasteiger partial charge in [0.1, 0.15) is 5.54 Å². The van der Waals surface area contributed by atoms with Crippen molar-refractivity contribution in [3.05, 3.63) is 0 Å². The second kappa shape index (κ2) is 7.40. The van der Waals surface area contributed by atoms with E-state index in [1.165, 1.54) is 4.90 Å². The molecule has 1 rings (SSSR count). The molecule has 0 aromatic carbocycles. The van der Waals surface area contributed by atoms with Crippen molar-refractivity contribution in [1.82, 2.24) is 15.5 Å². The van der Waals surface area contributed by atoms with E-state index in [2.05, 4.69) is 10.6 Å². The molecular formula is C14H25N3O4. The Morgan fingerprint density at radius 3 is 2.52 bits per heavy atom. The zero-order chi connectivity index (χ0) is 16.0.